The van der Waals surface area contributed by atoms with Gasteiger partial charge in [-0.3, -0.25) is 10.1 Å². The van der Waals surface area contributed by atoms with Crippen molar-refractivity contribution in [3.8, 4) is 0 Å². The van der Waals surface area contributed by atoms with Gasteiger partial charge in [-0.15, -0.1) is 0 Å². The molecule has 7 nitrogen and oxygen atoms in total. The maximum absolute atomic E-state index is 11.5. The number of methoxy groups -OCH3 is 1. The van der Waals surface area contributed by atoms with Crippen molar-refractivity contribution in [1.29, 1.82) is 0 Å². The molecule has 7 heteroatoms. The van der Waals surface area contributed by atoms with Crippen LogP contribution in [0.3, 0.4) is 0 Å². The minimum absolute atomic E-state index is 0.0656. The standard InChI is InChI=1S/C11H22N4O3/c1-11(3-4-12-8-11)14-7-9(16)15-10(17)13-5-6-18-2/h12,14H,3-8H2,1-2H3,(H2,13,15,16,17). The zero-order chi connectivity index (χ0) is 13.4. The van der Waals surface area contributed by atoms with E-state index in [0.717, 1.165) is 19.5 Å². The molecule has 0 aromatic rings. The van der Waals surface area contributed by atoms with E-state index >= 15 is 0 Å². The molecule has 0 aromatic heterocycles. The molecule has 0 bridgehead atoms. The lowest BCUT2D eigenvalue weighted by molar-refractivity contribution is -0.119. The number of nitrogens with one attached hydrogen (secondary N) is 4. The summed E-state index contributed by atoms with van der Waals surface area (Å²) in [6.07, 6.45) is 0.973. The molecule has 0 saturated carbocycles. The Morgan fingerprint density at radius 2 is 2.22 bits per heavy atom. The average Bonchev–Trinajstić information content (AvgIpc) is 2.75. The molecule has 0 radical (unpaired) electrons. The van der Waals surface area contributed by atoms with E-state index < -0.39 is 6.03 Å². The highest BCUT2D eigenvalue weighted by Gasteiger charge is 2.28. The number of hydrogen-bond donors (Lipinski definition) is 4. The molecule has 18 heavy (non-hydrogen) atoms. The monoisotopic (exact) mass is 258 g/mol. The summed E-state index contributed by atoms with van der Waals surface area (Å²) in [7, 11) is 1.55. The van der Waals surface area contributed by atoms with Crippen LogP contribution in [0, 0.1) is 0 Å². The van der Waals surface area contributed by atoms with E-state index in [0.29, 0.717) is 13.2 Å². The van der Waals surface area contributed by atoms with Gasteiger partial charge in [-0.2, -0.15) is 0 Å². The maximum atomic E-state index is 11.5. The van der Waals surface area contributed by atoms with E-state index in [1.807, 2.05) is 0 Å². The van der Waals surface area contributed by atoms with Crippen molar-refractivity contribution in [2.45, 2.75) is 18.9 Å². The quantitative estimate of drug-likeness (QED) is 0.449. The summed E-state index contributed by atoms with van der Waals surface area (Å²) in [4.78, 5) is 22.8. The van der Waals surface area contributed by atoms with Crippen LogP contribution >= 0.6 is 0 Å². The summed E-state index contributed by atoms with van der Waals surface area (Å²) in [6.45, 7) is 4.77. The van der Waals surface area contributed by atoms with Gasteiger partial charge in [0.15, 0.2) is 0 Å². The molecule has 1 atom stereocenters. The van der Waals surface area contributed by atoms with Gasteiger partial charge < -0.3 is 20.7 Å². The highest BCUT2D eigenvalue weighted by Crippen LogP contribution is 2.12. The number of carbonyl (C=O) groups excluding carboxylic acids is 2. The number of rotatable bonds is 6. The van der Waals surface area contributed by atoms with Crippen LogP contribution in [-0.4, -0.2) is 57.4 Å². The molecule has 1 saturated heterocycles. The van der Waals surface area contributed by atoms with Crippen LogP contribution < -0.4 is 21.3 Å². The van der Waals surface area contributed by atoms with Gasteiger partial charge in [-0.1, -0.05) is 0 Å². The van der Waals surface area contributed by atoms with E-state index in [2.05, 4.69) is 28.2 Å². The molecular formula is C11H22N4O3. The Balaban J connectivity index is 2.15. The number of carbonyl (C=O) groups is 2. The van der Waals surface area contributed by atoms with Gasteiger partial charge in [0.1, 0.15) is 0 Å². The molecule has 1 rings (SSSR count). The van der Waals surface area contributed by atoms with Crippen LogP contribution in [-0.2, 0) is 9.53 Å². The number of hydrogen-bond acceptors (Lipinski definition) is 5. The van der Waals surface area contributed by atoms with E-state index in [1.54, 1.807) is 7.11 Å². The van der Waals surface area contributed by atoms with Gasteiger partial charge >= 0.3 is 6.03 Å². The van der Waals surface area contributed by atoms with Crippen LogP contribution in [0.4, 0.5) is 4.79 Å². The third-order valence-corrected chi connectivity index (χ3v) is 2.89. The van der Waals surface area contributed by atoms with E-state index in [9.17, 15) is 9.59 Å². The summed E-state index contributed by atoms with van der Waals surface area (Å²) >= 11 is 0. The Morgan fingerprint density at radius 3 is 2.83 bits per heavy atom. The van der Waals surface area contributed by atoms with Gasteiger partial charge in [-0.05, 0) is 19.9 Å². The van der Waals surface area contributed by atoms with Crippen molar-refractivity contribution in [1.82, 2.24) is 21.3 Å². The zero-order valence-corrected chi connectivity index (χ0v) is 11.0. The first-order valence-corrected chi connectivity index (χ1v) is 6.08. The molecule has 1 unspecified atom stereocenters. The second-order valence-corrected chi connectivity index (χ2v) is 4.64. The van der Waals surface area contributed by atoms with Crippen LogP contribution in [0.5, 0.6) is 0 Å². The number of ether oxygens (including phenoxy) is 1. The summed E-state index contributed by atoms with van der Waals surface area (Å²) < 4.78 is 4.78. The van der Waals surface area contributed by atoms with Gasteiger partial charge in [0.25, 0.3) is 0 Å². The Kier molecular flexibility index (Phi) is 6.03. The van der Waals surface area contributed by atoms with Crippen LogP contribution in [0.1, 0.15) is 13.3 Å². The van der Waals surface area contributed by atoms with Crippen molar-refractivity contribution in [3.63, 3.8) is 0 Å². The second-order valence-electron chi connectivity index (χ2n) is 4.64. The first kappa shape index (κ1) is 14.9. The maximum Gasteiger partial charge on any atom is 0.321 e. The Bertz CT molecular complexity index is 290. The third kappa shape index (κ3) is 5.44. The number of imide groups is 1. The highest BCUT2D eigenvalue weighted by molar-refractivity contribution is 5.95. The fourth-order valence-electron chi connectivity index (χ4n) is 1.74. The number of urea groups is 1. The van der Waals surface area contributed by atoms with Crippen LogP contribution in [0.25, 0.3) is 0 Å². The minimum Gasteiger partial charge on any atom is -0.383 e. The summed E-state index contributed by atoms with van der Waals surface area (Å²) in [6, 6.07) is -0.492. The van der Waals surface area contributed by atoms with E-state index in [1.165, 1.54) is 0 Å². The Morgan fingerprint density at radius 1 is 1.44 bits per heavy atom. The predicted octanol–water partition coefficient (Wildman–Crippen LogP) is -1.20. The smallest absolute Gasteiger partial charge is 0.321 e. The van der Waals surface area contributed by atoms with Crippen molar-refractivity contribution >= 4 is 11.9 Å². The largest absolute Gasteiger partial charge is 0.383 e. The topological polar surface area (TPSA) is 91.5 Å². The fraction of sp³-hybridized carbons (Fsp3) is 0.818. The summed E-state index contributed by atoms with van der Waals surface area (Å²) in [5.41, 5.74) is -0.0656. The molecule has 3 amide bonds. The molecule has 4 N–H and O–H groups in total. The van der Waals surface area contributed by atoms with Crippen molar-refractivity contribution < 1.29 is 14.3 Å². The molecule has 104 valence electrons. The van der Waals surface area contributed by atoms with Crippen LogP contribution in [0.15, 0.2) is 0 Å². The first-order chi connectivity index (χ1) is 8.56. The molecule has 1 aliphatic heterocycles. The number of amides is 3. The molecule has 1 heterocycles. The Hall–Kier alpha value is -1.18. The first-order valence-electron chi connectivity index (χ1n) is 6.08. The lowest BCUT2D eigenvalue weighted by Gasteiger charge is -2.23. The average molecular weight is 258 g/mol. The van der Waals surface area contributed by atoms with Gasteiger partial charge in [0.05, 0.1) is 13.2 Å². The molecular weight excluding hydrogens is 236 g/mol. The second kappa shape index (κ2) is 7.30. The van der Waals surface area contributed by atoms with Gasteiger partial charge in [0.2, 0.25) is 5.91 Å². The van der Waals surface area contributed by atoms with Gasteiger partial charge in [0, 0.05) is 25.7 Å². The van der Waals surface area contributed by atoms with Crippen molar-refractivity contribution in [2.75, 3.05) is 39.9 Å². The van der Waals surface area contributed by atoms with E-state index in [-0.39, 0.29) is 18.0 Å². The van der Waals surface area contributed by atoms with Gasteiger partial charge in [-0.25, -0.2) is 4.79 Å². The minimum atomic E-state index is -0.492. The molecule has 0 aliphatic carbocycles. The third-order valence-electron chi connectivity index (χ3n) is 2.89. The molecule has 0 spiro atoms. The SMILES string of the molecule is COCCNC(=O)NC(=O)CNC1(C)CCNC1. The molecule has 1 fully saturated rings. The predicted molar refractivity (Wildman–Crippen MR) is 67.3 cm³/mol. The lowest BCUT2D eigenvalue weighted by atomic mass is 10.0. The highest BCUT2D eigenvalue weighted by atomic mass is 16.5. The lowest BCUT2D eigenvalue weighted by Crippen LogP contribution is -2.50. The van der Waals surface area contributed by atoms with Crippen molar-refractivity contribution in [2.24, 2.45) is 0 Å². The molecule has 0 aromatic carbocycles. The zero-order valence-electron chi connectivity index (χ0n) is 11.0. The van der Waals surface area contributed by atoms with Crippen molar-refractivity contribution in [3.05, 3.63) is 0 Å². The summed E-state index contributed by atoms with van der Waals surface area (Å²) in [5.74, 6) is -0.335. The normalized spacial score (nSPS) is 22.8. The summed E-state index contributed by atoms with van der Waals surface area (Å²) in [5, 5.41) is 11.1. The Labute approximate surface area is 107 Å². The van der Waals surface area contributed by atoms with Crippen LogP contribution in [0.2, 0.25) is 0 Å². The van der Waals surface area contributed by atoms with E-state index in [4.69, 9.17) is 4.74 Å². The molecule has 1 aliphatic rings. The fourth-order valence-corrected chi connectivity index (χ4v) is 1.74.